The molecule has 21 heavy (non-hydrogen) atoms. The molecule has 0 amide bonds. The van der Waals surface area contributed by atoms with Gasteiger partial charge in [-0.1, -0.05) is 17.3 Å². The van der Waals surface area contributed by atoms with Gasteiger partial charge in [0.25, 0.3) is 0 Å². The number of nitrogens with zero attached hydrogens (tertiary/aromatic N) is 4. The molecule has 0 aliphatic carbocycles. The second kappa shape index (κ2) is 5.26. The van der Waals surface area contributed by atoms with E-state index in [9.17, 15) is 0 Å². The van der Waals surface area contributed by atoms with E-state index in [0.717, 1.165) is 23.4 Å². The fourth-order valence-corrected chi connectivity index (χ4v) is 2.09. The largest absolute Gasteiger partial charge is 0.308 e. The van der Waals surface area contributed by atoms with Crippen molar-refractivity contribution in [2.45, 2.75) is 32.9 Å². The number of hydrogen-bond acceptors (Lipinski definition) is 4. The molecule has 0 aliphatic heterocycles. The Morgan fingerprint density at radius 2 is 1.95 bits per heavy atom. The smallest absolute Gasteiger partial charge is 0.156 e. The molecule has 3 aromatic rings. The van der Waals surface area contributed by atoms with Gasteiger partial charge in [0.1, 0.15) is 5.52 Å². The quantitative estimate of drug-likeness (QED) is 0.802. The van der Waals surface area contributed by atoms with E-state index in [1.54, 1.807) is 4.68 Å². The average Bonchev–Trinajstić information content (AvgIpc) is 2.89. The monoisotopic (exact) mass is 281 g/mol. The highest BCUT2D eigenvalue weighted by Crippen LogP contribution is 2.15. The maximum Gasteiger partial charge on any atom is 0.156 e. The van der Waals surface area contributed by atoms with E-state index in [4.69, 9.17) is 0 Å². The zero-order valence-corrected chi connectivity index (χ0v) is 12.5. The molecule has 0 aliphatic rings. The number of para-hydroxylation sites is 1. The standard InChI is InChI=1S/C16H19N5/c1-16(2,3)18-11-12-8-9-17-15(10-12)21-14-7-5-4-6-13(14)19-20-21/h4-10,18H,11H2,1-3H3. The lowest BCUT2D eigenvalue weighted by Gasteiger charge is -2.20. The minimum absolute atomic E-state index is 0.0867. The maximum absolute atomic E-state index is 4.41. The van der Waals surface area contributed by atoms with Crippen LogP contribution < -0.4 is 5.32 Å². The third-order valence-electron chi connectivity index (χ3n) is 3.20. The molecule has 3 rings (SSSR count). The summed E-state index contributed by atoms with van der Waals surface area (Å²) in [5, 5.41) is 11.8. The minimum atomic E-state index is 0.0867. The molecule has 0 spiro atoms. The Morgan fingerprint density at radius 1 is 1.14 bits per heavy atom. The van der Waals surface area contributed by atoms with Gasteiger partial charge in [-0.15, -0.1) is 5.10 Å². The summed E-state index contributed by atoms with van der Waals surface area (Å²) in [5.74, 6) is 0.789. The van der Waals surface area contributed by atoms with E-state index in [0.29, 0.717) is 0 Å². The summed E-state index contributed by atoms with van der Waals surface area (Å²) in [6.07, 6.45) is 1.81. The van der Waals surface area contributed by atoms with Gasteiger partial charge in [-0.3, -0.25) is 0 Å². The number of pyridine rings is 1. The van der Waals surface area contributed by atoms with Gasteiger partial charge in [-0.05, 0) is 50.6 Å². The van der Waals surface area contributed by atoms with Gasteiger partial charge in [-0.25, -0.2) is 4.98 Å². The van der Waals surface area contributed by atoms with Crippen LogP contribution in [0, 0.1) is 0 Å². The van der Waals surface area contributed by atoms with Crippen LogP contribution in [0.4, 0.5) is 0 Å². The number of nitrogens with one attached hydrogen (secondary N) is 1. The van der Waals surface area contributed by atoms with Crippen LogP contribution >= 0.6 is 0 Å². The van der Waals surface area contributed by atoms with Crippen LogP contribution in [0.3, 0.4) is 0 Å². The fourth-order valence-electron chi connectivity index (χ4n) is 2.09. The highest BCUT2D eigenvalue weighted by atomic mass is 15.4. The lowest BCUT2D eigenvalue weighted by atomic mass is 10.1. The summed E-state index contributed by atoms with van der Waals surface area (Å²) in [6, 6.07) is 11.9. The van der Waals surface area contributed by atoms with Crippen molar-refractivity contribution in [3.63, 3.8) is 0 Å². The van der Waals surface area contributed by atoms with Crippen molar-refractivity contribution < 1.29 is 0 Å². The SMILES string of the molecule is CC(C)(C)NCc1ccnc(-n2nnc3ccccc32)c1. The number of fused-ring (bicyclic) bond motifs is 1. The number of aromatic nitrogens is 4. The van der Waals surface area contributed by atoms with E-state index >= 15 is 0 Å². The van der Waals surface area contributed by atoms with Gasteiger partial charge in [0.15, 0.2) is 5.82 Å². The van der Waals surface area contributed by atoms with Crippen molar-refractivity contribution in [2.75, 3.05) is 0 Å². The van der Waals surface area contributed by atoms with Crippen LogP contribution in [-0.4, -0.2) is 25.5 Å². The first-order valence-corrected chi connectivity index (χ1v) is 7.04. The van der Waals surface area contributed by atoms with Crippen LogP contribution in [-0.2, 0) is 6.54 Å². The normalized spacial score (nSPS) is 12.0. The van der Waals surface area contributed by atoms with E-state index in [1.165, 1.54) is 5.56 Å². The molecular weight excluding hydrogens is 262 g/mol. The third kappa shape index (κ3) is 3.08. The Balaban J connectivity index is 1.92. The van der Waals surface area contributed by atoms with Crippen molar-refractivity contribution in [3.05, 3.63) is 48.2 Å². The summed E-state index contributed by atoms with van der Waals surface area (Å²) in [6.45, 7) is 7.26. The van der Waals surface area contributed by atoms with E-state index in [-0.39, 0.29) is 5.54 Å². The number of hydrogen-bond donors (Lipinski definition) is 1. The summed E-state index contributed by atoms with van der Waals surface area (Å²) in [5.41, 5.74) is 3.10. The fraction of sp³-hybridized carbons (Fsp3) is 0.312. The predicted octanol–water partition coefficient (Wildman–Crippen LogP) is 2.70. The summed E-state index contributed by atoms with van der Waals surface area (Å²) in [7, 11) is 0. The summed E-state index contributed by atoms with van der Waals surface area (Å²) in [4.78, 5) is 4.41. The van der Waals surface area contributed by atoms with E-state index in [2.05, 4.69) is 41.4 Å². The number of benzene rings is 1. The van der Waals surface area contributed by atoms with Crippen LogP contribution in [0.1, 0.15) is 26.3 Å². The van der Waals surface area contributed by atoms with Crippen LogP contribution in [0.15, 0.2) is 42.6 Å². The van der Waals surface area contributed by atoms with Crippen LogP contribution in [0.5, 0.6) is 0 Å². The summed E-state index contributed by atoms with van der Waals surface area (Å²) >= 11 is 0. The van der Waals surface area contributed by atoms with Gasteiger partial charge < -0.3 is 5.32 Å². The second-order valence-corrected chi connectivity index (χ2v) is 6.12. The van der Waals surface area contributed by atoms with Crippen molar-refractivity contribution in [3.8, 4) is 5.82 Å². The minimum Gasteiger partial charge on any atom is -0.308 e. The third-order valence-corrected chi connectivity index (χ3v) is 3.20. The van der Waals surface area contributed by atoms with Crippen molar-refractivity contribution in [1.82, 2.24) is 25.3 Å². The Kier molecular flexibility index (Phi) is 3.43. The molecule has 1 N–H and O–H groups in total. The van der Waals surface area contributed by atoms with Crippen molar-refractivity contribution in [2.24, 2.45) is 0 Å². The maximum atomic E-state index is 4.41. The van der Waals surface area contributed by atoms with Crippen molar-refractivity contribution in [1.29, 1.82) is 0 Å². The molecule has 5 nitrogen and oxygen atoms in total. The highest BCUT2D eigenvalue weighted by Gasteiger charge is 2.10. The molecule has 0 atom stereocenters. The first-order valence-electron chi connectivity index (χ1n) is 7.04. The Labute approximate surface area is 124 Å². The number of rotatable bonds is 3. The molecule has 2 heterocycles. The molecule has 1 aromatic carbocycles. The van der Waals surface area contributed by atoms with Gasteiger partial charge >= 0.3 is 0 Å². The van der Waals surface area contributed by atoms with Crippen LogP contribution in [0.2, 0.25) is 0 Å². The van der Waals surface area contributed by atoms with Crippen molar-refractivity contribution >= 4 is 11.0 Å². The van der Waals surface area contributed by atoms with Crippen LogP contribution in [0.25, 0.3) is 16.9 Å². The predicted molar refractivity (Wildman–Crippen MR) is 83.3 cm³/mol. The van der Waals surface area contributed by atoms with Gasteiger partial charge in [-0.2, -0.15) is 4.68 Å². The lowest BCUT2D eigenvalue weighted by Crippen LogP contribution is -2.35. The Bertz CT molecular complexity index is 754. The highest BCUT2D eigenvalue weighted by molar-refractivity contribution is 5.75. The molecule has 5 heteroatoms. The van der Waals surface area contributed by atoms with E-state index in [1.807, 2.05) is 42.6 Å². The molecule has 0 saturated carbocycles. The zero-order chi connectivity index (χ0) is 14.9. The molecule has 0 saturated heterocycles. The van der Waals surface area contributed by atoms with Gasteiger partial charge in [0.05, 0.1) is 5.52 Å². The van der Waals surface area contributed by atoms with Gasteiger partial charge in [0.2, 0.25) is 0 Å². The van der Waals surface area contributed by atoms with E-state index < -0.39 is 0 Å². The van der Waals surface area contributed by atoms with Gasteiger partial charge in [0, 0.05) is 18.3 Å². The molecular formula is C16H19N5. The lowest BCUT2D eigenvalue weighted by molar-refractivity contribution is 0.424. The molecule has 2 aromatic heterocycles. The second-order valence-electron chi connectivity index (χ2n) is 6.12. The Morgan fingerprint density at radius 3 is 2.76 bits per heavy atom. The topological polar surface area (TPSA) is 55.6 Å². The molecule has 0 radical (unpaired) electrons. The zero-order valence-electron chi connectivity index (χ0n) is 12.5. The molecule has 0 fully saturated rings. The molecule has 108 valence electrons. The Hall–Kier alpha value is -2.27. The molecule has 0 unspecified atom stereocenters. The average molecular weight is 281 g/mol. The molecule has 0 bridgehead atoms. The summed E-state index contributed by atoms with van der Waals surface area (Å²) < 4.78 is 1.77. The first-order chi connectivity index (χ1) is 10.0. The first kappa shape index (κ1) is 13.7.